The average molecular weight is 470 g/mol. The SMILES string of the molecule is CCCCCCCCOc1ccc(C(=O)Oc2ccc(C=N[C@@H](CO)CC(C)C)c(O)c2)cc1. The second-order valence-electron chi connectivity index (χ2n) is 8.99. The van der Waals surface area contributed by atoms with E-state index < -0.39 is 5.97 Å². The summed E-state index contributed by atoms with van der Waals surface area (Å²) in [6.07, 6.45) is 9.55. The van der Waals surface area contributed by atoms with Gasteiger partial charge in [-0.2, -0.15) is 0 Å². The summed E-state index contributed by atoms with van der Waals surface area (Å²) in [5.74, 6) is 0.814. The zero-order valence-electron chi connectivity index (χ0n) is 20.7. The van der Waals surface area contributed by atoms with Crippen LogP contribution in [0.15, 0.2) is 47.5 Å². The molecule has 0 saturated carbocycles. The Hall–Kier alpha value is -2.86. The number of phenolic OH excluding ortho intramolecular Hbond substituents is 1. The molecule has 0 unspecified atom stereocenters. The molecule has 0 heterocycles. The molecule has 0 aliphatic rings. The summed E-state index contributed by atoms with van der Waals surface area (Å²) in [6, 6.07) is 11.3. The molecule has 2 rings (SSSR count). The minimum atomic E-state index is -0.513. The van der Waals surface area contributed by atoms with Crippen LogP contribution in [-0.2, 0) is 0 Å². The molecule has 0 aromatic heterocycles. The van der Waals surface area contributed by atoms with Crippen molar-refractivity contribution < 1.29 is 24.5 Å². The number of rotatable bonds is 15. The Morgan fingerprint density at radius 3 is 2.32 bits per heavy atom. The van der Waals surface area contributed by atoms with Gasteiger partial charge < -0.3 is 19.7 Å². The fourth-order valence-corrected chi connectivity index (χ4v) is 3.53. The largest absolute Gasteiger partial charge is 0.507 e. The summed E-state index contributed by atoms with van der Waals surface area (Å²) in [4.78, 5) is 16.8. The van der Waals surface area contributed by atoms with E-state index in [4.69, 9.17) is 9.47 Å². The van der Waals surface area contributed by atoms with Crippen LogP contribution in [0.1, 0.15) is 81.6 Å². The van der Waals surface area contributed by atoms with Crippen LogP contribution in [0, 0.1) is 5.92 Å². The zero-order chi connectivity index (χ0) is 24.8. The quantitative estimate of drug-likeness (QED) is 0.141. The number of aromatic hydroxyl groups is 1. The topological polar surface area (TPSA) is 88.4 Å². The van der Waals surface area contributed by atoms with E-state index in [1.54, 1.807) is 36.4 Å². The van der Waals surface area contributed by atoms with E-state index >= 15 is 0 Å². The first-order valence-corrected chi connectivity index (χ1v) is 12.3. The van der Waals surface area contributed by atoms with Gasteiger partial charge in [0.2, 0.25) is 0 Å². The number of carbonyl (C=O) groups is 1. The van der Waals surface area contributed by atoms with Crippen molar-refractivity contribution >= 4 is 12.2 Å². The second kappa shape index (κ2) is 15.1. The van der Waals surface area contributed by atoms with Crippen molar-refractivity contribution in [3.05, 3.63) is 53.6 Å². The molecule has 2 N–H and O–H groups in total. The lowest BCUT2D eigenvalue weighted by Crippen LogP contribution is -2.13. The molecule has 0 aliphatic carbocycles. The minimum absolute atomic E-state index is 0.0475. The number of nitrogens with zero attached hydrogens (tertiary/aromatic N) is 1. The van der Waals surface area contributed by atoms with Gasteiger partial charge in [-0.25, -0.2) is 4.79 Å². The van der Waals surface area contributed by atoms with Gasteiger partial charge in [0, 0.05) is 17.8 Å². The Morgan fingerprint density at radius 2 is 1.68 bits per heavy atom. The molecule has 0 aliphatic heterocycles. The van der Waals surface area contributed by atoms with E-state index in [1.165, 1.54) is 44.4 Å². The van der Waals surface area contributed by atoms with E-state index in [9.17, 15) is 15.0 Å². The molecule has 6 nitrogen and oxygen atoms in total. The molecular formula is C28H39NO5. The van der Waals surface area contributed by atoms with Crippen molar-refractivity contribution in [1.82, 2.24) is 0 Å². The third-order valence-electron chi connectivity index (χ3n) is 5.45. The van der Waals surface area contributed by atoms with Gasteiger partial charge in [0.1, 0.15) is 17.2 Å². The van der Waals surface area contributed by atoms with Gasteiger partial charge in [-0.3, -0.25) is 4.99 Å². The number of unbranched alkanes of at least 4 members (excludes halogenated alkanes) is 5. The van der Waals surface area contributed by atoms with E-state index in [2.05, 4.69) is 25.8 Å². The maximum absolute atomic E-state index is 12.5. The minimum Gasteiger partial charge on any atom is -0.507 e. The van der Waals surface area contributed by atoms with Gasteiger partial charge in [-0.05, 0) is 55.2 Å². The van der Waals surface area contributed by atoms with Gasteiger partial charge in [-0.15, -0.1) is 0 Å². The molecular weight excluding hydrogens is 430 g/mol. The predicted octanol–water partition coefficient (Wildman–Crippen LogP) is 6.18. The van der Waals surface area contributed by atoms with Crippen LogP contribution < -0.4 is 9.47 Å². The number of benzene rings is 2. The van der Waals surface area contributed by atoms with Crippen molar-refractivity contribution in [1.29, 1.82) is 0 Å². The molecule has 34 heavy (non-hydrogen) atoms. The third kappa shape index (κ3) is 9.96. The highest BCUT2D eigenvalue weighted by molar-refractivity contribution is 5.91. The highest BCUT2D eigenvalue weighted by Gasteiger charge is 2.11. The van der Waals surface area contributed by atoms with Crippen molar-refractivity contribution in [2.75, 3.05) is 13.2 Å². The molecule has 2 aromatic rings. The predicted molar refractivity (Wildman–Crippen MR) is 136 cm³/mol. The summed E-state index contributed by atoms with van der Waals surface area (Å²) >= 11 is 0. The number of hydrogen-bond acceptors (Lipinski definition) is 6. The van der Waals surface area contributed by atoms with E-state index in [1.807, 2.05) is 0 Å². The summed E-state index contributed by atoms with van der Waals surface area (Å²) < 4.78 is 11.1. The summed E-state index contributed by atoms with van der Waals surface area (Å²) in [5, 5.41) is 19.7. The first kappa shape index (κ1) is 27.4. The molecule has 2 aromatic carbocycles. The van der Waals surface area contributed by atoms with Gasteiger partial charge in [0.25, 0.3) is 0 Å². The van der Waals surface area contributed by atoms with Crippen LogP contribution in [0.2, 0.25) is 0 Å². The van der Waals surface area contributed by atoms with Crippen LogP contribution in [0.4, 0.5) is 0 Å². The van der Waals surface area contributed by atoms with Crippen LogP contribution in [0.25, 0.3) is 0 Å². The monoisotopic (exact) mass is 469 g/mol. The fraction of sp³-hybridized carbons (Fsp3) is 0.500. The molecule has 0 saturated heterocycles. The zero-order valence-corrected chi connectivity index (χ0v) is 20.7. The Balaban J connectivity index is 1.85. The molecule has 0 bridgehead atoms. The summed E-state index contributed by atoms with van der Waals surface area (Å²) in [7, 11) is 0. The first-order chi connectivity index (χ1) is 16.4. The number of phenols is 1. The first-order valence-electron chi connectivity index (χ1n) is 12.3. The smallest absolute Gasteiger partial charge is 0.343 e. The summed E-state index contributed by atoms with van der Waals surface area (Å²) in [6.45, 7) is 6.96. The van der Waals surface area contributed by atoms with Gasteiger partial charge in [0.15, 0.2) is 0 Å². The second-order valence-corrected chi connectivity index (χ2v) is 8.99. The Labute approximate surface area is 203 Å². The van der Waals surface area contributed by atoms with Gasteiger partial charge in [0.05, 0.1) is 24.8 Å². The van der Waals surface area contributed by atoms with Crippen molar-refractivity contribution in [2.24, 2.45) is 10.9 Å². The number of hydrogen-bond donors (Lipinski definition) is 2. The molecule has 186 valence electrons. The Bertz CT molecular complexity index is 892. The maximum atomic E-state index is 12.5. The van der Waals surface area contributed by atoms with Crippen molar-refractivity contribution in [2.45, 2.75) is 71.8 Å². The van der Waals surface area contributed by atoms with Crippen LogP contribution in [0.3, 0.4) is 0 Å². The normalized spacial score (nSPS) is 12.3. The average Bonchev–Trinajstić information content (AvgIpc) is 2.82. The lowest BCUT2D eigenvalue weighted by Gasteiger charge is -2.12. The third-order valence-corrected chi connectivity index (χ3v) is 5.45. The fourth-order valence-electron chi connectivity index (χ4n) is 3.53. The van der Waals surface area contributed by atoms with Crippen LogP contribution in [0.5, 0.6) is 17.2 Å². The highest BCUT2D eigenvalue weighted by atomic mass is 16.5. The number of esters is 1. The molecule has 6 heteroatoms. The van der Waals surface area contributed by atoms with Crippen molar-refractivity contribution in [3.63, 3.8) is 0 Å². The lowest BCUT2D eigenvalue weighted by molar-refractivity contribution is 0.0734. The summed E-state index contributed by atoms with van der Waals surface area (Å²) in [5.41, 5.74) is 0.894. The molecule has 0 spiro atoms. The number of carbonyl (C=O) groups excluding carboxylic acids is 1. The number of aliphatic hydroxyl groups is 1. The maximum Gasteiger partial charge on any atom is 0.343 e. The Morgan fingerprint density at radius 1 is 1.00 bits per heavy atom. The number of aliphatic hydroxyl groups excluding tert-OH is 1. The Kier molecular flexibility index (Phi) is 12.2. The van der Waals surface area contributed by atoms with E-state index in [-0.39, 0.29) is 24.1 Å². The van der Waals surface area contributed by atoms with Crippen LogP contribution in [-0.4, -0.2) is 41.7 Å². The molecule has 0 amide bonds. The highest BCUT2D eigenvalue weighted by Crippen LogP contribution is 2.24. The van der Waals surface area contributed by atoms with E-state index in [0.717, 1.165) is 18.6 Å². The van der Waals surface area contributed by atoms with Gasteiger partial charge >= 0.3 is 5.97 Å². The lowest BCUT2D eigenvalue weighted by atomic mass is 10.1. The van der Waals surface area contributed by atoms with Crippen LogP contribution >= 0.6 is 0 Å². The number of aliphatic imine (C=N–C) groups is 1. The molecule has 0 fully saturated rings. The van der Waals surface area contributed by atoms with E-state index in [0.29, 0.717) is 23.7 Å². The van der Waals surface area contributed by atoms with Crippen molar-refractivity contribution in [3.8, 4) is 17.2 Å². The molecule has 1 atom stereocenters. The standard InChI is InChI=1S/C28H39NO5/c1-4-5-6-7-8-9-16-33-25-13-10-22(11-14-25)28(32)34-26-15-12-23(27(31)18-26)19-29-24(20-30)17-21(2)3/h10-15,18-19,21,24,30-31H,4-9,16-17,20H2,1-3H3/t24-/m1/s1. The van der Waals surface area contributed by atoms with Gasteiger partial charge in [-0.1, -0.05) is 52.9 Å². The number of ether oxygens (including phenoxy) is 2. The molecule has 0 radical (unpaired) electrons.